The van der Waals surface area contributed by atoms with E-state index in [1.54, 1.807) is 18.3 Å². The number of carbonyl (C=O) groups is 1. The zero-order chi connectivity index (χ0) is 26.7. The maximum absolute atomic E-state index is 12.5. The number of nitrogens with zero attached hydrogens (tertiary/aromatic N) is 2. The molecule has 0 spiro atoms. The molecular formula is C29H31N2O6+. The maximum atomic E-state index is 12.5. The summed E-state index contributed by atoms with van der Waals surface area (Å²) in [6, 6.07) is 24.2. The normalized spacial score (nSPS) is 11.6. The van der Waals surface area contributed by atoms with Crippen molar-refractivity contribution in [2.24, 2.45) is 0 Å². The van der Waals surface area contributed by atoms with Gasteiger partial charge in [-0.1, -0.05) is 73.7 Å². The van der Waals surface area contributed by atoms with Crippen LogP contribution in [0.2, 0.25) is 0 Å². The summed E-state index contributed by atoms with van der Waals surface area (Å²) in [5.41, 5.74) is 0.227. The molecule has 192 valence electrons. The zero-order valence-corrected chi connectivity index (χ0v) is 20.5. The first-order valence-corrected chi connectivity index (χ1v) is 12.1. The van der Waals surface area contributed by atoms with Gasteiger partial charge in [0.05, 0.1) is 4.92 Å². The van der Waals surface area contributed by atoms with Crippen molar-refractivity contribution in [1.29, 1.82) is 0 Å². The highest BCUT2D eigenvalue weighted by atomic mass is 16.7. The molecule has 37 heavy (non-hydrogen) atoms. The average molecular weight is 504 g/mol. The van der Waals surface area contributed by atoms with Crippen LogP contribution in [0.1, 0.15) is 42.4 Å². The summed E-state index contributed by atoms with van der Waals surface area (Å²) >= 11 is 0. The number of rotatable bonds is 14. The summed E-state index contributed by atoms with van der Waals surface area (Å²) in [4.78, 5) is 29.5. The van der Waals surface area contributed by atoms with Crippen molar-refractivity contribution in [2.75, 3.05) is 13.2 Å². The number of aliphatic hydroxyl groups excluding tert-OH is 1. The Morgan fingerprint density at radius 1 is 0.892 bits per heavy atom. The fourth-order valence-corrected chi connectivity index (χ4v) is 4.19. The van der Waals surface area contributed by atoms with Gasteiger partial charge in [-0.15, -0.1) is 0 Å². The van der Waals surface area contributed by atoms with E-state index in [0.29, 0.717) is 29.5 Å². The standard InChI is InChI=1S/C29H30N2O6/c1-23(28(33)34)29(25-12-6-4-7-13-25,26-14-8-5-9-15-26)30(37-21-11-3-2-10-20-32)22-24-16-18-27(19-17-24)31(35)36/h4-9,12-19,22,32H,1-3,10-11,20-21H2/p+1. The van der Waals surface area contributed by atoms with Gasteiger partial charge in [-0.05, 0) is 36.1 Å². The molecule has 0 bridgehead atoms. The van der Waals surface area contributed by atoms with E-state index in [1.807, 2.05) is 60.7 Å². The Morgan fingerprint density at radius 2 is 1.43 bits per heavy atom. The predicted molar refractivity (Wildman–Crippen MR) is 140 cm³/mol. The van der Waals surface area contributed by atoms with Gasteiger partial charge in [-0.2, -0.15) is 0 Å². The average Bonchev–Trinajstić information content (AvgIpc) is 2.92. The molecule has 0 radical (unpaired) electrons. The second-order valence-corrected chi connectivity index (χ2v) is 8.50. The van der Waals surface area contributed by atoms with Crippen LogP contribution in [0, 0.1) is 10.1 Å². The number of hydrogen-bond donors (Lipinski definition) is 2. The summed E-state index contributed by atoms with van der Waals surface area (Å²) in [6.45, 7) is 4.40. The van der Waals surface area contributed by atoms with E-state index in [1.165, 1.54) is 16.9 Å². The van der Waals surface area contributed by atoms with Crippen molar-refractivity contribution in [1.82, 2.24) is 0 Å². The van der Waals surface area contributed by atoms with Crippen LogP contribution in [-0.4, -0.2) is 45.3 Å². The first kappa shape index (κ1) is 27.3. The third-order valence-corrected chi connectivity index (χ3v) is 6.06. The lowest BCUT2D eigenvalue weighted by Crippen LogP contribution is -2.45. The molecule has 0 aliphatic carbocycles. The van der Waals surface area contributed by atoms with Crippen LogP contribution in [0.15, 0.2) is 97.1 Å². The van der Waals surface area contributed by atoms with E-state index in [0.717, 1.165) is 12.8 Å². The maximum Gasteiger partial charge on any atom is 0.339 e. The molecule has 0 aliphatic heterocycles. The van der Waals surface area contributed by atoms with Gasteiger partial charge in [0.1, 0.15) is 5.57 Å². The summed E-state index contributed by atoms with van der Waals surface area (Å²) in [7, 11) is 0. The van der Waals surface area contributed by atoms with Gasteiger partial charge in [0.2, 0.25) is 6.21 Å². The van der Waals surface area contributed by atoms with E-state index >= 15 is 0 Å². The fourth-order valence-electron chi connectivity index (χ4n) is 4.19. The van der Waals surface area contributed by atoms with Gasteiger partial charge in [0.25, 0.3) is 11.2 Å². The summed E-state index contributed by atoms with van der Waals surface area (Å²) < 4.78 is 1.50. The first-order valence-electron chi connectivity index (χ1n) is 12.1. The number of nitro groups is 1. The molecule has 0 heterocycles. The van der Waals surface area contributed by atoms with E-state index < -0.39 is 16.4 Å². The number of non-ortho nitro benzene ring substituents is 1. The minimum absolute atomic E-state index is 0.0548. The first-order chi connectivity index (χ1) is 17.9. The summed E-state index contributed by atoms with van der Waals surface area (Å²) in [6.07, 6.45) is 4.70. The largest absolute Gasteiger partial charge is 0.478 e. The number of aliphatic hydroxyl groups is 1. The molecule has 3 aromatic carbocycles. The number of aliphatic carboxylic acids is 1. The Bertz CT molecular complexity index is 1180. The Hall–Kier alpha value is -4.30. The number of carboxylic acids is 1. The zero-order valence-electron chi connectivity index (χ0n) is 20.5. The molecule has 0 unspecified atom stereocenters. The van der Waals surface area contributed by atoms with Crippen LogP contribution >= 0.6 is 0 Å². The Labute approximate surface area is 215 Å². The lowest BCUT2D eigenvalue weighted by molar-refractivity contribution is -0.828. The van der Waals surface area contributed by atoms with Crippen molar-refractivity contribution in [3.05, 3.63) is 124 Å². The van der Waals surface area contributed by atoms with E-state index in [9.17, 15) is 20.0 Å². The van der Waals surface area contributed by atoms with Crippen molar-refractivity contribution in [2.45, 2.75) is 31.2 Å². The highest BCUT2D eigenvalue weighted by Gasteiger charge is 2.53. The molecule has 0 aliphatic rings. The van der Waals surface area contributed by atoms with Crippen molar-refractivity contribution < 1.29 is 29.5 Å². The van der Waals surface area contributed by atoms with E-state index in [-0.39, 0.29) is 24.5 Å². The lowest BCUT2D eigenvalue weighted by Gasteiger charge is -2.30. The second kappa shape index (κ2) is 13.1. The van der Waals surface area contributed by atoms with E-state index in [4.69, 9.17) is 9.94 Å². The quantitative estimate of drug-likeness (QED) is 0.0791. The molecule has 3 rings (SSSR count). The highest BCUT2D eigenvalue weighted by molar-refractivity contribution is 5.90. The monoisotopic (exact) mass is 503 g/mol. The molecule has 2 N–H and O–H groups in total. The van der Waals surface area contributed by atoms with E-state index in [2.05, 4.69) is 6.58 Å². The molecule has 0 amide bonds. The van der Waals surface area contributed by atoms with Crippen LogP contribution in [0.25, 0.3) is 0 Å². The topological polar surface area (TPSA) is 113 Å². The van der Waals surface area contributed by atoms with Crippen LogP contribution in [0.3, 0.4) is 0 Å². The van der Waals surface area contributed by atoms with Gasteiger partial charge in [-0.3, -0.25) is 15.0 Å². The minimum atomic E-state index is -1.44. The molecular weight excluding hydrogens is 472 g/mol. The van der Waals surface area contributed by atoms with Crippen LogP contribution < -0.4 is 0 Å². The molecule has 8 nitrogen and oxygen atoms in total. The number of nitro benzene ring substituents is 1. The third-order valence-electron chi connectivity index (χ3n) is 6.06. The SMILES string of the molecule is C=C(C(=O)O)C(c1ccccc1)(c1ccccc1)[N+](=Cc1ccc([N+](=O)[O-])cc1)OCCCCCCO. The van der Waals surface area contributed by atoms with Crippen LogP contribution in [-0.2, 0) is 15.2 Å². The van der Waals surface area contributed by atoms with Gasteiger partial charge in [-0.25, -0.2) is 4.79 Å². The number of hydrogen-bond acceptors (Lipinski definition) is 5. The minimum Gasteiger partial charge on any atom is -0.478 e. The lowest BCUT2D eigenvalue weighted by atomic mass is 9.77. The summed E-state index contributed by atoms with van der Waals surface area (Å²) in [5, 5.41) is 30.4. The number of unbranched alkanes of at least 4 members (excludes halogenated alkanes) is 3. The molecule has 0 saturated carbocycles. The van der Waals surface area contributed by atoms with Crippen molar-refractivity contribution in [3.8, 4) is 0 Å². The van der Waals surface area contributed by atoms with Gasteiger partial charge in [0, 0.05) is 35.4 Å². The second-order valence-electron chi connectivity index (χ2n) is 8.50. The molecule has 0 fully saturated rings. The number of hydroxylamine groups is 1. The molecule has 0 saturated heterocycles. The van der Waals surface area contributed by atoms with Crippen molar-refractivity contribution in [3.63, 3.8) is 0 Å². The third kappa shape index (κ3) is 6.48. The Balaban J connectivity index is 2.22. The molecule has 3 aromatic rings. The smallest absolute Gasteiger partial charge is 0.339 e. The van der Waals surface area contributed by atoms with Gasteiger partial charge in [0.15, 0.2) is 6.61 Å². The number of benzene rings is 3. The molecule has 8 heteroatoms. The highest BCUT2D eigenvalue weighted by Crippen LogP contribution is 2.40. The molecule has 0 atom stereocenters. The fraction of sp³-hybridized carbons (Fsp3) is 0.241. The summed E-state index contributed by atoms with van der Waals surface area (Å²) in [5.74, 6) is -1.19. The van der Waals surface area contributed by atoms with Gasteiger partial charge < -0.3 is 10.2 Å². The van der Waals surface area contributed by atoms with Crippen molar-refractivity contribution >= 4 is 17.9 Å². The molecule has 0 aromatic heterocycles. The Morgan fingerprint density at radius 3 is 1.92 bits per heavy atom. The van der Waals surface area contributed by atoms with Crippen LogP contribution in [0.5, 0.6) is 0 Å². The van der Waals surface area contributed by atoms with Gasteiger partial charge >= 0.3 is 5.97 Å². The Kier molecular flexibility index (Phi) is 9.69. The van der Waals surface area contributed by atoms with Crippen LogP contribution in [0.4, 0.5) is 5.69 Å². The predicted octanol–water partition coefficient (Wildman–Crippen LogP) is 5.10. The number of carboxylic acid groups (broad SMARTS) is 1.